The van der Waals surface area contributed by atoms with Crippen LogP contribution >= 0.6 is 0 Å². The molecule has 0 amide bonds. The first-order chi connectivity index (χ1) is 9.19. The lowest BCUT2D eigenvalue weighted by Gasteiger charge is -2.18. The van der Waals surface area contributed by atoms with Crippen molar-refractivity contribution < 1.29 is 4.52 Å². The molecule has 1 aromatic heterocycles. The Kier molecular flexibility index (Phi) is 4.97. The van der Waals surface area contributed by atoms with Gasteiger partial charge in [0.15, 0.2) is 5.82 Å². The fourth-order valence-electron chi connectivity index (χ4n) is 3.26. The number of aromatic nitrogens is 2. The van der Waals surface area contributed by atoms with Gasteiger partial charge in [0.25, 0.3) is 0 Å². The quantitative estimate of drug-likeness (QED) is 0.855. The highest BCUT2D eigenvalue weighted by atomic mass is 16.5. The van der Waals surface area contributed by atoms with Gasteiger partial charge < -0.3 is 9.84 Å². The molecule has 0 aliphatic heterocycles. The van der Waals surface area contributed by atoms with E-state index >= 15 is 0 Å². The molecular weight excluding hydrogens is 238 g/mol. The third kappa shape index (κ3) is 3.16. The summed E-state index contributed by atoms with van der Waals surface area (Å²) in [7, 11) is 1.99. The number of likely N-dealkylation sites (N-methyl/N-ethyl adjacent to an activating group) is 1. The Hall–Kier alpha value is -0.900. The summed E-state index contributed by atoms with van der Waals surface area (Å²) in [6.07, 6.45) is 6.10. The summed E-state index contributed by atoms with van der Waals surface area (Å²) in [6.45, 7) is 6.61. The van der Waals surface area contributed by atoms with Gasteiger partial charge in [0.2, 0.25) is 5.89 Å². The van der Waals surface area contributed by atoms with Crippen molar-refractivity contribution in [2.75, 3.05) is 7.05 Å². The van der Waals surface area contributed by atoms with Crippen LogP contribution in [-0.4, -0.2) is 23.2 Å². The third-order valence-corrected chi connectivity index (χ3v) is 4.74. The van der Waals surface area contributed by atoms with Crippen molar-refractivity contribution in [3.63, 3.8) is 0 Å². The molecule has 1 aromatic rings. The Morgan fingerprint density at radius 1 is 1.37 bits per heavy atom. The first kappa shape index (κ1) is 14.5. The van der Waals surface area contributed by atoms with Crippen LogP contribution in [0.15, 0.2) is 4.52 Å². The molecule has 108 valence electrons. The van der Waals surface area contributed by atoms with Crippen LogP contribution in [0.1, 0.15) is 76.4 Å². The monoisotopic (exact) mass is 265 g/mol. The van der Waals surface area contributed by atoms with Crippen molar-refractivity contribution in [2.45, 2.75) is 70.8 Å². The molecule has 0 spiro atoms. The van der Waals surface area contributed by atoms with E-state index < -0.39 is 0 Å². The summed E-state index contributed by atoms with van der Waals surface area (Å²) in [5.74, 6) is 3.37. The summed E-state index contributed by atoms with van der Waals surface area (Å²) in [5.41, 5.74) is 0. The average Bonchev–Trinajstić information content (AvgIpc) is 3.08. The molecule has 1 aliphatic carbocycles. The van der Waals surface area contributed by atoms with E-state index in [1.54, 1.807) is 0 Å². The predicted molar refractivity (Wildman–Crippen MR) is 76.2 cm³/mol. The minimum atomic E-state index is 0.277. The van der Waals surface area contributed by atoms with Gasteiger partial charge in [-0.05, 0) is 38.6 Å². The Balaban J connectivity index is 2.03. The van der Waals surface area contributed by atoms with E-state index in [9.17, 15) is 0 Å². The predicted octanol–water partition coefficient (Wildman–Crippen LogP) is 3.46. The molecule has 4 heteroatoms. The van der Waals surface area contributed by atoms with Gasteiger partial charge in [0.1, 0.15) is 0 Å². The summed E-state index contributed by atoms with van der Waals surface area (Å²) in [4.78, 5) is 4.66. The van der Waals surface area contributed by atoms with Crippen LogP contribution in [0.5, 0.6) is 0 Å². The Morgan fingerprint density at radius 2 is 2.16 bits per heavy atom. The summed E-state index contributed by atoms with van der Waals surface area (Å²) < 4.78 is 5.49. The van der Waals surface area contributed by atoms with Crippen molar-refractivity contribution >= 4 is 0 Å². The second-order valence-corrected chi connectivity index (χ2v) is 5.87. The maximum atomic E-state index is 5.49. The van der Waals surface area contributed by atoms with Crippen molar-refractivity contribution in [3.8, 4) is 0 Å². The van der Waals surface area contributed by atoms with Crippen LogP contribution in [0.4, 0.5) is 0 Å². The van der Waals surface area contributed by atoms with Gasteiger partial charge in [-0.3, -0.25) is 0 Å². The van der Waals surface area contributed by atoms with Crippen molar-refractivity contribution in [1.29, 1.82) is 0 Å². The van der Waals surface area contributed by atoms with E-state index in [2.05, 4.69) is 36.2 Å². The molecule has 1 saturated carbocycles. The molecule has 0 saturated heterocycles. The van der Waals surface area contributed by atoms with Gasteiger partial charge in [0, 0.05) is 12.0 Å². The number of rotatable bonds is 6. The first-order valence-corrected chi connectivity index (χ1v) is 7.70. The van der Waals surface area contributed by atoms with Gasteiger partial charge >= 0.3 is 0 Å². The van der Waals surface area contributed by atoms with Crippen LogP contribution in [0.25, 0.3) is 0 Å². The van der Waals surface area contributed by atoms with Crippen LogP contribution in [0, 0.1) is 5.92 Å². The summed E-state index contributed by atoms with van der Waals surface area (Å²) in [5, 5.41) is 7.54. The van der Waals surface area contributed by atoms with E-state index in [-0.39, 0.29) is 5.92 Å². The largest absolute Gasteiger partial charge is 0.339 e. The second kappa shape index (κ2) is 6.51. The highest BCUT2D eigenvalue weighted by molar-refractivity contribution is 5.03. The topological polar surface area (TPSA) is 51.0 Å². The normalized spacial score (nSPS) is 26.5. The molecule has 1 heterocycles. The Bertz CT molecular complexity index is 386. The molecule has 4 nitrogen and oxygen atoms in total. The summed E-state index contributed by atoms with van der Waals surface area (Å²) >= 11 is 0. The van der Waals surface area contributed by atoms with E-state index in [0.29, 0.717) is 12.0 Å². The highest BCUT2D eigenvalue weighted by Gasteiger charge is 2.29. The van der Waals surface area contributed by atoms with E-state index in [1.807, 2.05) is 7.05 Å². The minimum absolute atomic E-state index is 0.277. The van der Waals surface area contributed by atoms with Crippen LogP contribution in [0.2, 0.25) is 0 Å². The first-order valence-electron chi connectivity index (χ1n) is 7.70. The molecule has 0 radical (unpaired) electrons. The molecule has 1 aliphatic rings. The van der Waals surface area contributed by atoms with Crippen molar-refractivity contribution in [3.05, 3.63) is 11.7 Å². The van der Waals surface area contributed by atoms with Gasteiger partial charge in [0.05, 0.1) is 5.92 Å². The van der Waals surface area contributed by atoms with E-state index in [4.69, 9.17) is 4.52 Å². The van der Waals surface area contributed by atoms with Crippen LogP contribution < -0.4 is 5.32 Å². The second-order valence-electron chi connectivity index (χ2n) is 5.87. The lowest BCUT2D eigenvalue weighted by Crippen LogP contribution is -2.30. The maximum absolute atomic E-state index is 5.49. The molecule has 4 unspecified atom stereocenters. The zero-order chi connectivity index (χ0) is 13.8. The fourth-order valence-corrected chi connectivity index (χ4v) is 3.26. The van der Waals surface area contributed by atoms with Crippen molar-refractivity contribution in [1.82, 2.24) is 15.5 Å². The van der Waals surface area contributed by atoms with Gasteiger partial charge in [-0.1, -0.05) is 32.3 Å². The number of nitrogens with zero attached hydrogens (tertiary/aromatic N) is 2. The third-order valence-electron chi connectivity index (χ3n) is 4.74. The van der Waals surface area contributed by atoms with Gasteiger partial charge in [-0.2, -0.15) is 4.98 Å². The number of hydrogen-bond acceptors (Lipinski definition) is 4. The minimum Gasteiger partial charge on any atom is -0.339 e. The lowest BCUT2D eigenvalue weighted by atomic mass is 9.99. The SMILES string of the molecule is CCC1CCC(c2noc(C(C)C(CC)NC)n2)C1. The molecule has 4 atom stereocenters. The van der Waals surface area contributed by atoms with E-state index in [1.165, 1.54) is 25.7 Å². The zero-order valence-corrected chi connectivity index (χ0v) is 12.6. The van der Waals surface area contributed by atoms with Gasteiger partial charge in [-0.15, -0.1) is 0 Å². The highest BCUT2D eigenvalue weighted by Crippen LogP contribution is 2.38. The Labute approximate surface area is 116 Å². The summed E-state index contributed by atoms with van der Waals surface area (Å²) in [6, 6.07) is 0.403. The fraction of sp³-hybridized carbons (Fsp3) is 0.867. The average molecular weight is 265 g/mol. The number of hydrogen-bond donors (Lipinski definition) is 1. The maximum Gasteiger partial charge on any atom is 0.231 e. The Morgan fingerprint density at radius 3 is 2.74 bits per heavy atom. The van der Waals surface area contributed by atoms with Gasteiger partial charge in [-0.25, -0.2) is 0 Å². The molecule has 0 aromatic carbocycles. The van der Waals surface area contributed by atoms with Crippen molar-refractivity contribution in [2.24, 2.45) is 5.92 Å². The molecule has 1 N–H and O–H groups in total. The molecule has 2 rings (SSSR count). The molecular formula is C15H27N3O. The number of nitrogens with one attached hydrogen (secondary N) is 1. The van der Waals surface area contributed by atoms with Crippen LogP contribution in [0.3, 0.4) is 0 Å². The smallest absolute Gasteiger partial charge is 0.231 e. The molecule has 19 heavy (non-hydrogen) atoms. The van der Waals surface area contributed by atoms with Crippen LogP contribution in [-0.2, 0) is 0 Å². The molecule has 1 fully saturated rings. The lowest BCUT2D eigenvalue weighted by molar-refractivity contribution is 0.322. The standard InChI is InChI=1S/C15H27N3O/c1-5-11-7-8-12(9-11)14-17-15(19-18-14)10(3)13(6-2)16-4/h10-13,16H,5-9H2,1-4H3. The zero-order valence-electron chi connectivity index (χ0n) is 12.6. The molecule has 0 bridgehead atoms. The van der Waals surface area contributed by atoms with E-state index in [0.717, 1.165) is 24.1 Å².